The van der Waals surface area contributed by atoms with Gasteiger partial charge in [-0.15, -0.1) is 0 Å². The molecule has 0 heterocycles. The number of benzene rings is 1. The Balaban J connectivity index is 2.40. The fourth-order valence-electron chi connectivity index (χ4n) is 1.49. The third-order valence-corrected chi connectivity index (χ3v) is 2.51. The lowest BCUT2D eigenvalue weighted by atomic mass is 10.2. The highest BCUT2D eigenvalue weighted by molar-refractivity contribution is 5.85. The summed E-state index contributed by atoms with van der Waals surface area (Å²) in [7, 11) is 0. The normalized spacial score (nSPS) is 12.4. The molecule has 0 aliphatic rings. The number of rotatable bonds is 4. The van der Waals surface area contributed by atoms with Gasteiger partial charge in [0.05, 0.1) is 0 Å². The number of carbonyl (C=O) groups excluding carboxylic acids is 2. The van der Waals surface area contributed by atoms with Gasteiger partial charge in [0.25, 0.3) is 0 Å². The summed E-state index contributed by atoms with van der Waals surface area (Å²) < 4.78 is 17.8. The molecule has 2 N–H and O–H groups in total. The van der Waals surface area contributed by atoms with Crippen molar-refractivity contribution < 1.29 is 18.7 Å². The van der Waals surface area contributed by atoms with Gasteiger partial charge in [-0.25, -0.2) is 9.18 Å². The van der Waals surface area contributed by atoms with E-state index in [1.165, 1.54) is 12.1 Å². The molecule has 0 saturated heterocycles. The summed E-state index contributed by atoms with van der Waals surface area (Å²) in [4.78, 5) is 23.4. The number of hydrogen-bond donors (Lipinski definition) is 2. The van der Waals surface area contributed by atoms with Gasteiger partial charge in [0, 0.05) is 6.54 Å². The number of ether oxygens (including phenoxy) is 1. The molecule has 0 bridgehead atoms. The number of amides is 2. The van der Waals surface area contributed by atoms with Crippen molar-refractivity contribution in [2.45, 2.75) is 45.9 Å². The molecule has 0 fully saturated rings. The van der Waals surface area contributed by atoms with Crippen molar-refractivity contribution in [3.05, 3.63) is 35.6 Å². The average molecular weight is 296 g/mol. The van der Waals surface area contributed by atoms with Crippen molar-refractivity contribution >= 4 is 12.0 Å². The summed E-state index contributed by atoms with van der Waals surface area (Å²) in [5, 5.41) is 5.10. The summed E-state index contributed by atoms with van der Waals surface area (Å²) in [5.74, 6) is -0.671. The maximum atomic E-state index is 12.7. The highest BCUT2D eigenvalue weighted by atomic mass is 19.1. The van der Waals surface area contributed by atoms with Gasteiger partial charge < -0.3 is 15.4 Å². The van der Waals surface area contributed by atoms with Gasteiger partial charge in [0.1, 0.15) is 17.5 Å². The predicted molar refractivity (Wildman–Crippen MR) is 77.1 cm³/mol. The van der Waals surface area contributed by atoms with E-state index in [4.69, 9.17) is 4.74 Å². The minimum absolute atomic E-state index is 0.263. The van der Waals surface area contributed by atoms with Crippen molar-refractivity contribution in [2.75, 3.05) is 0 Å². The van der Waals surface area contributed by atoms with Gasteiger partial charge in [-0.1, -0.05) is 12.1 Å². The Morgan fingerprint density at radius 3 is 2.33 bits per heavy atom. The summed E-state index contributed by atoms with van der Waals surface area (Å²) in [6, 6.07) is 5.09. The molecule has 2 amide bonds. The lowest BCUT2D eigenvalue weighted by molar-refractivity contribution is -0.122. The average Bonchev–Trinajstić information content (AvgIpc) is 2.35. The van der Waals surface area contributed by atoms with Crippen LogP contribution in [0.1, 0.15) is 33.3 Å². The van der Waals surface area contributed by atoms with Gasteiger partial charge in [-0.2, -0.15) is 0 Å². The van der Waals surface area contributed by atoms with Crippen LogP contribution in [0.2, 0.25) is 0 Å². The van der Waals surface area contributed by atoms with Crippen LogP contribution in [0.3, 0.4) is 0 Å². The summed E-state index contributed by atoms with van der Waals surface area (Å²) in [6.45, 7) is 7.05. The molecule has 5 nitrogen and oxygen atoms in total. The van der Waals surface area contributed by atoms with E-state index in [2.05, 4.69) is 10.6 Å². The van der Waals surface area contributed by atoms with Crippen LogP contribution in [0, 0.1) is 5.82 Å². The Labute approximate surface area is 123 Å². The van der Waals surface area contributed by atoms with Crippen LogP contribution >= 0.6 is 0 Å². The zero-order valence-corrected chi connectivity index (χ0v) is 12.7. The van der Waals surface area contributed by atoms with Gasteiger partial charge in [-0.3, -0.25) is 4.79 Å². The van der Waals surface area contributed by atoms with Crippen molar-refractivity contribution in [3.8, 4) is 0 Å². The minimum atomic E-state index is -0.722. The smallest absolute Gasteiger partial charge is 0.408 e. The Kier molecular flexibility index (Phi) is 5.69. The molecule has 0 aromatic heterocycles. The van der Waals surface area contributed by atoms with E-state index in [1.807, 2.05) is 0 Å². The van der Waals surface area contributed by atoms with Crippen LogP contribution in [0.4, 0.5) is 9.18 Å². The second kappa shape index (κ2) is 7.06. The van der Waals surface area contributed by atoms with Crippen molar-refractivity contribution in [2.24, 2.45) is 0 Å². The molecule has 1 atom stereocenters. The van der Waals surface area contributed by atoms with E-state index in [-0.39, 0.29) is 18.3 Å². The van der Waals surface area contributed by atoms with Crippen LogP contribution in [0.15, 0.2) is 24.3 Å². The second-order valence-corrected chi connectivity index (χ2v) is 5.71. The molecular formula is C15H21FN2O3. The number of halogens is 1. The van der Waals surface area contributed by atoms with E-state index < -0.39 is 17.7 Å². The summed E-state index contributed by atoms with van der Waals surface area (Å²) in [6.07, 6.45) is -0.646. The first-order valence-electron chi connectivity index (χ1n) is 6.69. The lowest BCUT2D eigenvalue weighted by Crippen LogP contribution is -2.46. The van der Waals surface area contributed by atoms with Gasteiger partial charge in [0.2, 0.25) is 5.91 Å². The number of alkyl carbamates (subject to hydrolysis) is 1. The first-order chi connectivity index (χ1) is 9.67. The quantitative estimate of drug-likeness (QED) is 0.896. The van der Waals surface area contributed by atoms with Crippen molar-refractivity contribution in [1.29, 1.82) is 0 Å². The topological polar surface area (TPSA) is 67.4 Å². The Hall–Kier alpha value is -2.11. The third kappa shape index (κ3) is 6.74. The van der Waals surface area contributed by atoms with Crippen molar-refractivity contribution in [1.82, 2.24) is 10.6 Å². The lowest BCUT2D eigenvalue weighted by Gasteiger charge is -2.21. The van der Waals surface area contributed by atoms with Gasteiger partial charge in [-0.05, 0) is 45.4 Å². The van der Waals surface area contributed by atoms with Crippen LogP contribution in [-0.2, 0) is 16.1 Å². The molecule has 0 aliphatic heterocycles. The first-order valence-corrected chi connectivity index (χ1v) is 6.69. The molecule has 0 saturated carbocycles. The van der Waals surface area contributed by atoms with Crippen LogP contribution in [0.5, 0.6) is 0 Å². The van der Waals surface area contributed by atoms with Crippen LogP contribution < -0.4 is 10.6 Å². The molecule has 21 heavy (non-hydrogen) atoms. The van der Waals surface area contributed by atoms with Gasteiger partial charge >= 0.3 is 6.09 Å². The monoisotopic (exact) mass is 296 g/mol. The number of nitrogens with one attached hydrogen (secondary N) is 2. The molecule has 1 aromatic rings. The molecule has 1 aromatic carbocycles. The minimum Gasteiger partial charge on any atom is -0.444 e. The third-order valence-electron chi connectivity index (χ3n) is 2.51. The Morgan fingerprint density at radius 2 is 1.81 bits per heavy atom. The summed E-state index contributed by atoms with van der Waals surface area (Å²) >= 11 is 0. The number of carbonyl (C=O) groups is 2. The number of hydrogen-bond acceptors (Lipinski definition) is 3. The van der Waals surface area contributed by atoms with Crippen LogP contribution in [-0.4, -0.2) is 23.6 Å². The zero-order valence-electron chi connectivity index (χ0n) is 12.7. The molecule has 1 rings (SSSR count). The molecule has 6 heteroatoms. The SMILES string of the molecule is C[C@@H](NC(=O)OC(C)(C)C)C(=O)NCc1ccc(F)cc1. The largest absolute Gasteiger partial charge is 0.444 e. The van der Waals surface area contributed by atoms with E-state index >= 15 is 0 Å². The predicted octanol–water partition coefficient (Wildman–Crippen LogP) is 2.36. The fourth-order valence-corrected chi connectivity index (χ4v) is 1.49. The van der Waals surface area contributed by atoms with Crippen molar-refractivity contribution in [3.63, 3.8) is 0 Å². The van der Waals surface area contributed by atoms with E-state index in [1.54, 1.807) is 39.8 Å². The van der Waals surface area contributed by atoms with Gasteiger partial charge in [0.15, 0.2) is 0 Å². The van der Waals surface area contributed by atoms with E-state index in [0.29, 0.717) is 0 Å². The molecule has 0 unspecified atom stereocenters. The Morgan fingerprint density at radius 1 is 1.24 bits per heavy atom. The van der Waals surface area contributed by atoms with E-state index in [0.717, 1.165) is 5.56 Å². The highest BCUT2D eigenvalue weighted by Gasteiger charge is 2.20. The molecule has 0 spiro atoms. The summed E-state index contributed by atoms with van der Waals surface area (Å²) in [5.41, 5.74) is 0.156. The van der Waals surface area contributed by atoms with Crippen LogP contribution in [0.25, 0.3) is 0 Å². The molecule has 0 radical (unpaired) electrons. The second-order valence-electron chi connectivity index (χ2n) is 5.71. The first kappa shape index (κ1) is 16.9. The maximum absolute atomic E-state index is 12.7. The van der Waals surface area contributed by atoms with E-state index in [9.17, 15) is 14.0 Å². The molecule has 116 valence electrons. The Bertz CT molecular complexity index is 495. The highest BCUT2D eigenvalue weighted by Crippen LogP contribution is 2.07. The maximum Gasteiger partial charge on any atom is 0.408 e. The zero-order chi connectivity index (χ0) is 16.0. The molecular weight excluding hydrogens is 275 g/mol. The molecule has 0 aliphatic carbocycles. The standard InChI is InChI=1S/C15H21FN2O3/c1-10(18-14(20)21-15(2,3)4)13(19)17-9-11-5-7-12(16)8-6-11/h5-8,10H,9H2,1-4H3,(H,17,19)(H,18,20)/t10-/m1/s1. The fraction of sp³-hybridized carbons (Fsp3) is 0.467.